The minimum Gasteiger partial charge on any atom is -0.376 e. The van der Waals surface area contributed by atoms with Crippen LogP contribution in [-0.4, -0.2) is 43.3 Å². The lowest BCUT2D eigenvalue weighted by Gasteiger charge is -2.37. The summed E-state index contributed by atoms with van der Waals surface area (Å²) in [5, 5.41) is 24.3. The number of nitrogens with zero attached hydrogens (tertiary/aromatic N) is 5. The third-order valence-corrected chi connectivity index (χ3v) is 7.37. The molecule has 0 fully saturated rings. The van der Waals surface area contributed by atoms with Crippen molar-refractivity contribution in [1.82, 2.24) is 25.1 Å². The number of halogens is 6. The second-order valence-electron chi connectivity index (χ2n) is 10.1. The SMILES string of the molecule is CCn1nnc(-c2ccc(CN3CC=C(C(O)(c4ccc(C(F)(F)F)cc4)c4ccc(C(F)(F)F)cc4)CC3)cc2)n1. The standard InChI is InChI=1S/C30H27F6N5O/c1-2-41-38-27(37-39-41)21-5-3-20(4-6-21)19-40-17-15-24(16-18-40)28(42,22-7-11-25(12-8-22)29(31,32)33)23-9-13-26(14-10-23)30(34,35)36/h3-15,42H,2,16-19H2,1H3. The van der Waals surface area contributed by atoms with Gasteiger partial charge in [-0.25, -0.2) is 0 Å². The molecular formula is C30H27F6N5O. The third-order valence-electron chi connectivity index (χ3n) is 7.37. The summed E-state index contributed by atoms with van der Waals surface area (Å²) < 4.78 is 79.2. The van der Waals surface area contributed by atoms with Gasteiger partial charge in [-0.15, -0.1) is 10.2 Å². The molecule has 4 aromatic rings. The monoisotopic (exact) mass is 587 g/mol. The molecule has 1 aromatic heterocycles. The highest BCUT2D eigenvalue weighted by Gasteiger charge is 2.39. The predicted molar refractivity (Wildman–Crippen MR) is 143 cm³/mol. The van der Waals surface area contributed by atoms with E-state index in [4.69, 9.17) is 0 Å². The van der Waals surface area contributed by atoms with E-state index in [1.54, 1.807) is 6.08 Å². The normalized spacial score (nSPS) is 15.1. The molecule has 5 rings (SSSR count). The van der Waals surface area contributed by atoms with Gasteiger partial charge in [-0.3, -0.25) is 4.90 Å². The Labute approximate surface area is 237 Å². The number of alkyl halides is 6. The minimum absolute atomic E-state index is 0.138. The van der Waals surface area contributed by atoms with Crippen molar-refractivity contribution < 1.29 is 31.4 Å². The number of hydrogen-bond acceptors (Lipinski definition) is 5. The molecule has 0 amide bonds. The first-order valence-corrected chi connectivity index (χ1v) is 13.2. The molecule has 220 valence electrons. The Morgan fingerprint density at radius 2 is 1.29 bits per heavy atom. The molecule has 0 aliphatic carbocycles. The quantitative estimate of drug-likeness (QED) is 0.199. The summed E-state index contributed by atoms with van der Waals surface area (Å²) in [6.07, 6.45) is -7.00. The van der Waals surface area contributed by atoms with Gasteiger partial charge >= 0.3 is 12.4 Å². The number of benzene rings is 3. The molecular weight excluding hydrogens is 560 g/mol. The van der Waals surface area contributed by atoms with Crippen molar-refractivity contribution >= 4 is 0 Å². The maximum atomic E-state index is 13.2. The summed E-state index contributed by atoms with van der Waals surface area (Å²) >= 11 is 0. The molecule has 2 heterocycles. The lowest BCUT2D eigenvalue weighted by Crippen LogP contribution is -2.37. The highest BCUT2D eigenvalue weighted by atomic mass is 19.4. The van der Waals surface area contributed by atoms with Crippen LogP contribution < -0.4 is 0 Å². The van der Waals surface area contributed by atoms with Gasteiger partial charge in [0.1, 0.15) is 5.60 Å². The summed E-state index contributed by atoms with van der Waals surface area (Å²) in [4.78, 5) is 3.63. The average molecular weight is 588 g/mol. The van der Waals surface area contributed by atoms with Crippen molar-refractivity contribution in [3.63, 3.8) is 0 Å². The molecule has 3 aromatic carbocycles. The molecule has 0 radical (unpaired) electrons. The largest absolute Gasteiger partial charge is 0.416 e. The van der Waals surface area contributed by atoms with Crippen LogP contribution in [0.5, 0.6) is 0 Å². The van der Waals surface area contributed by atoms with Crippen molar-refractivity contribution in [2.75, 3.05) is 13.1 Å². The van der Waals surface area contributed by atoms with E-state index in [0.717, 1.165) is 35.4 Å². The van der Waals surface area contributed by atoms with Crippen LogP contribution in [0, 0.1) is 0 Å². The van der Waals surface area contributed by atoms with E-state index >= 15 is 0 Å². The second kappa shape index (κ2) is 11.3. The molecule has 0 atom stereocenters. The summed E-state index contributed by atoms with van der Waals surface area (Å²) in [5.41, 5.74) is -1.05. The Morgan fingerprint density at radius 3 is 1.71 bits per heavy atom. The van der Waals surface area contributed by atoms with Gasteiger partial charge in [0, 0.05) is 25.2 Å². The van der Waals surface area contributed by atoms with Crippen LogP contribution >= 0.6 is 0 Å². The van der Waals surface area contributed by atoms with E-state index in [0.29, 0.717) is 44.0 Å². The molecule has 12 heteroatoms. The lowest BCUT2D eigenvalue weighted by molar-refractivity contribution is -0.138. The molecule has 1 aliphatic heterocycles. The van der Waals surface area contributed by atoms with Crippen LogP contribution in [0.1, 0.15) is 41.2 Å². The molecule has 42 heavy (non-hydrogen) atoms. The van der Waals surface area contributed by atoms with Gasteiger partial charge in [0.05, 0.1) is 17.7 Å². The first-order valence-electron chi connectivity index (χ1n) is 13.2. The Kier molecular flexibility index (Phi) is 7.95. The van der Waals surface area contributed by atoms with Crippen molar-refractivity contribution in [3.05, 3.63) is 112 Å². The van der Waals surface area contributed by atoms with Gasteiger partial charge in [-0.2, -0.15) is 31.1 Å². The number of tetrazole rings is 1. The lowest BCUT2D eigenvalue weighted by atomic mass is 9.77. The zero-order valence-electron chi connectivity index (χ0n) is 22.5. The summed E-state index contributed by atoms with van der Waals surface area (Å²) in [6.45, 7) is 4.07. The number of aromatic nitrogens is 4. The van der Waals surface area contributed by atoms with Crippen LogP contribution in [0.2, 0.25) is 0 Å². The summed E-state index contributed by atoms with van der Waals surface area (Å²) in [6, 6.07) is 15.9. The average Bonchev–Trinajstić information content (AvgIpc) is 3.46. The van der Waals surface area contributed by atoms with Gasteiger partial charge in [-0.1, -0.05) is 54.6 Å². The van der Waals surface area contributed by atoms with Gasteiger partial charge in [0.2, 0.25) is 5.82 Å². The van der Waals surface area contributed by atoms with Crippen LogP contribution in [-0.2, 0) is 31.0 Å². The Bertz CT molecular complexity index is 1480. The molecule has 0 saturated heterocycles. The highest BCUT2D eigenvalue weighted by Crippen LogP contribution is 2.42. The molecule has 0 unspecified atom stereocenters. The van der Waals surface area contributed by atoms with Gasteiger partial charge < -0.3 is 5.11 Å². The van der Waals surface area contributed by atoms with Gasteiger partial charge in [0.15, 0.2) is 0 Å². The van der Waals surface area contributed by atoms with E-state index in [9.17, 15) is 31.4 Å². The predicted octanol–water partition coefficient (Wildman–Crippen LogP) is 6.47. The van der Waals surface area contributed by atoms with Crippen molar-refractivity contribution in [1.29, 1.82) is 0 Å². The zero-order valence-corrected chi connectivity index (χ0v) is 22.5. The number of rotatable bonds is 7. The second-order valence-corrected chi connectivity index (χ2v) is 10.1. The maximum Gasteiger partial charge on any atom is 0.416 e. The number of hydrogen-bond donors (Lipinski definition) is 1. The fourth-order valence-corrected chi connectivity index (χ4v) is 5.03. The van der Waals surface area contributed by atoms with Crippen LogP contribution in [0.15, 0.2) is 84.4 Å². The zero-order chi connectivity index (χ0) is 30.1. The van der Waals surface area contributed by atoms with E-state index in [-0.39, 0.29) is 11.1 Å². The van der Waals surface area contributed by atoms with E-state index < -0.39 is 29.1 Å². The first-order chi connectivity index (χ1) is 19.9. The smallest absolute Gasteiger partial charge is 0.376 e. The molecule has 0 saturated carbocycles. The fraction of sp³-hybridized carbons (Fsp3) is 0.300. The van der Waals surface area contributed by atoms with E-state index in [1.165, 1.54) is 29.1 Å². The van der Waals surface area contributed by atoms with Crippen molar-refractivity contribution in [2.24, 2.45) is 0 Å². The molecule has 1 aliphatic rings. The van der Waals surface area contributed by atoms with Gasteiger partial charge in [-0.05, 0) is 65.1 Å². The summed E-state index contributed by atoms with van der Waals surface area (Å²) in [7, 11) is 0. The van der Waals surface area contributed by atoms with E-state index in [2.05, 4.69) is 20.3 Å². The number of aliphatic hydroxyl groups is 1. The number of aryl methyl sites for hydroxylation is 1. The fourth-order valence-electron chi connectivity index (χ4n) is 5.03. The molecule has 0 spiro atoms. The van der Waals surface area contributed by atoms with Crippen molar-refractivity contribution in [3.8, 4) is 11.4 Å². The van der Waals surface area contributed by atoms with Crippen LogP contribution in [0.3, 0.4) is 0 Å². The van der Waals surface area contributed by atoms with E-state index in [1.807, 2.05) is 31.2 Å². The molecule has 1 N–H and O–H groups in total. The minimum atomic E-state index is -4.57. The van der Waals surface area contributed by atoms with Gasteiger partial charge in [0.25, 0.3) is 0 Å². The summed E-state index contributed by atoms with van der Waals surface area (Å²) in [5.74, 6) is 0.528. The topological polar surface area (TPSA) is 67.1 Å². The maximum absolute atomic E-state index is 13.2. The van der Waals surface area contributed by atoms with Crippen LogP contribution in [0.25, 0.3) is 11.4 Å². The third kappa shape index (κ3) is 6.09. The van der Waals surface area contributed by atoms with Crippen molar-refractivity contribution in [2.45, 2.75) is 44.4 Å². The Hall–Kier alpha value is -4.03. The Morgan fingerprint density at radius 1 is 0.762 bits per heavy atom. The first kappa shape index (κ1) is 29.5. The van der Waals surface area contributed by atoms with Crippen LogP contribution in [0.4, 0.5) is 26.3 Å². The Balaban J connectivity index is 1.38. The molecule has 6 nitrogen and oxygen atoms in total. The highest BCUT2D eigenvalue weighted by molar-refractivity contribution is 5.54. The molecule has 0 bridgehead atoms.